The van der Waals surface area contributed by atoms with E-state index in [1.165, 1.54) is 19.2 Å². The average Bonchev–Trinajstić information content (AvgIpc) is 2.14. The van der Waals surface area contributed by atoms with Crippen molar-refractivity contribution in [3.8, 4) is 11.9 Å². The molecule has 0 aliphatic rings. The molecule has 0 spiro atoms. The summed E-state index contributed by atoms with van der Waals surface area (Å²) in [7, 11) is 1.47. The van der Waals surface area contributed by atoms with Gasteiger partial charge in [0.15, 0.2) is 0 Å². The summed E-state index contributed by atoms with van der Waals surface area (Å²) < 4.78 is 9.17. The van der Waals surface area contributed by atoms with Crippen LogP contribution in [-0.4, -0.2) is 12.2 Å². The Morgan fingerprint density at radius 3 is 2.62 bits per heavy atom. The lowest BCUT2D eigenvalue weighted by molar-refractivity contribution is 0.253. The summed E-state index contributed by atoms with van der Waals surface area (Å²) in [4.78, 5) is 0. The third-order valence-corrected chi connectivity index (χ3v) is 0.768. The van der Waals surface area contributed by atoms with Crippen LogP contribution in [0, 0.1) is 0 Å². The van der Waals surface area contributed by atoms with Gasteiger partial charge < -0.3 is 14.3 Å². The predicted octanol–water partition coefficient (Wildman–Crippen LogP) is 0.994. The zero-order valence-corrected chi connectivity index (χ0v) is 4.42. The quantitative estimate of drug-likeness (QED) is 0.592. The largest absolute Gasteiger partial charge is 0.481 e. The zero-order chi connectivity index (χ0) is 5.98. The van der Waals surface area contributed by atoms with Crippen LogP contribution in [0.2, 0.25) is 0 Å². The molecular weight excluding hydrogens is 108 g/mol. The molecule has 1 heterocycles. The molecule has 1 aromatic rings. The third kappa shape index (κ3) is 0.753. The first kappa shape index (κ1) is 5.03. The van der Waals surface area contributed by atoms with Crippen molar-refractivity contribution < 1.29 is 14.3 Å². The van der Waals surface area contributed by atoms with E-state index < -0.39 is 0 Å². The first-order chi connectivity index (χ1) is 3.83. The monoisotopic (exact) mass is 114 g/mol. The van der Waals surface area contributed by atoms with E-state index in [0.29, 0.717) is 5.95 Å². The minimum atomic E-state index is -0.123. The molecule has 0 bridgehead atoms. The molecule has 0 aliphatic carbocycles. The lowest BCUT2D eigenvalue weighted by atomic mass is 10.6. The highest BCUT2D eigenvalue weighted by Crippen LogP contribution is 2.19. The van der Waals surface area contributed by atoms with Crippen molar-refractivity contribution in [2.45, 2.75) is 0 Å². The van der Waals surface area contributed by atoms with Crippen LogP contribution in [0.4, 0.5) is 0 Å². The fourth-order valence-corrected chi connectivity index (χ4v) is 0.420. The van der Waals surface area contributed by atoms with Gasteiger partial charge in [-0.2, -0.15) is 0 Å². The minimum Gasteiger partial charge on any atom is -0.481 e. The van der Waals surface area contributed by atoms with Gasteiger partial charge >= 0.3 is 0 Å². The first-order valence-corrected chi connectivity index (χ1v) is 2.15. The maximum atomic E-state index is 8.54. The topological polar surface area (TPSA) is 42.6 Å². The van der Waals surface area contributed by atoms with E-state index in [-0.39, 0.29) is 5.95 Å². The Balaban J connectivity index is 2.84. The molecule has 0 fully saturated rings. The van der Waals surface area contributed by atoms with Crippen LogP contribution in [0.3, 0.4) is 0 Å². The summed E-state index contributed by atoms with van der Waals surface area (Å²) in [6, 6.07) is 2.95. The number of hydrogen-bond donors (Lipinski definition) is 1. The van der Waals surface area contributed by atoms with E-state index in [2.05, 4.69) is 9.15 Å². The average molecular weight is 114 g/mol. The van der Waals surface area contributed by atoms with Crippen LogP contribution in [0.15, 0.2) is 16.5 Å². The number of rotatable bonds is 1. The Morgan fingerprint density at radius 2 is 2.38 bits per heavy atom. The van der Waals surface area contributed by atoms with E-state index in [9.17, 15) is 0 Å². The van der Waals surface area contributed by atoms with Crippen molar-refractivity contribution in [2.75, 3.05) is 7.11 Å². The first-order valence-electron chi connectivity index (χ1n) is 2.15. The molecule has 1 rings (SSSR count). The smallest absolute Gasteiger partial charge is 0.287 e. The fraction of sp³-hybridized carbons (Fsp3) is 0.200. The third-order valence-electron chi connectivity index (χ3n) is 0.768. The molecule has 44 valence electrons. The molecule has 0 aromatic carbocycles. The van der Waals surface area contributed by atoms with Gasteiger partial charge in [0.1, 0.15) is 0 Å². The molecular formula is C5H6O3. The molecule has 3 heteroatoms. The molecule has 8 heavy (non-hydrogen) atoms. The maximum absolute atomic E-state index is 8.54. The summed E-state index contributed by atoms with van der Waals surface area (Å²) in [5.41, 5.74) is 0. The van der Waals surface area contributed by atoms with Crippen LogP contribution in [0.25, 0.3) is 0 Å². The Morgan fingerprint density at radius 1 is 1.62 bits per heavy atom. The van der Waals surface area contributed by atoms with E-state index in [4.69, 9.17) is 5.11 Å². The second-order valence-corrected chi connectivity index (χ2v) is 1.30. The van der Waals surface area contributed by atoms with Crippen molar-refractivity contribution in [3.05, 3.63) is 12.1 Å². The van der Waals surface area contributed by atoms with Crippen molar-refractivity contribution in [3.63, 3.8) is 0 Å². The number of aromatic hydroxyl groups is 1. The van der Waals surface area contributed by atoms with Crippen LogP contribution in [0.5, 0.6) is 11.9 Å². The minimum absolute atomic E-state index is 0.123. The normalized spacial score (nSPS) is 9.12. The molecule has 1 N–H and O–H groups in total. The van der Waals surface area contributed by atoms with Crippen LogP contribution >= 0.6 is 0 Å². The second kappa shape index (κ2) is 1.78. The zero-order valence-electron chi connectivity index (χ0n) is 4.42. The van der Waals surface area contributed by atoms with E-state index in [0.717, 1.165) is 0 Å². The van der Waals surface area contributed by atoms with E-state index in [1.807, 2.05) is 0 Å². The lowest BCUT2D eigenvalue weighted by Gasteiger charge is -1.86. The molecule has 0 aliphatic heterocycles. The maximum Gasteiger partial charge on any atom is 0.287 e. The van der Waals surface area contributed by atoms with E-state index >= 15 is 0 Å². The molecule has 3 nitrogen and oxygen atoms in total. The molecule has 0 saturated carbocycles. The number of ether oxygens (including phenoxy) is 1. The molecule has 0 amide bonds. The van der Waals surface area contributed by atoms with Crippen molar-refractivity contribution in [1.29, 1.82) is 0 Å². The van der Waals surface area contributed by atoms with Crippen LogP contribution in [0.1, 0.15) is 0 Å². The van der Waals surface area contributed by atoms with E-state index in [1.54, 1.807) is 0 Å². The Kier molecular flexibility index (Phi) is 1.12. The van der Waals surface area contributed by atoms with Gasteiger partial charge in [-0.15, -0.1) is 0 Å². The van der Waals surface area contributed by atoms with Crippen LogP contribution < -0.4 is 4.74 Å². The Labute approximate surface area is 46.5 Å². The van der Waals surface area contributed by atoms with Gasteiger partial charge in [0.2, 0.25) is 0 Å². The summed E-state index contributed by atoms with van der Waals surface area (Å²) in [6.07, 6.45) is 0. The highest BCUT2D eigenvalue weighted by atomic mass is 16.6. The molecule has 0 radical (unpaired) electrons. The molecule has 1 aromatic heterocycles. The molecule has 0 unspecified atom stereocenters. The van der Waals surface area contributed by atoms with Gasteiger partial charge in [-0.3, -0.25) is 0 Å². The fourth-order valence-electron chi connectivity index (χ4n) is 0.420. The van der Waals surface area contributed by atoms with Gasteiger partial charge in [0.25, 0.3) is 11.9 Å². The number of furan rings is 1. The summed E-state index contributed by atoms with van der Waals surface area (Å²) in [6.45, 7) is 0. The van der Waals surface area contributed by atoms with Gasteiger partial charge in [-0.05, 0) is 0 Å². The predicted molar refractivity (Wildman–Crippen MR) is 26.9 cm³/mol. The van der Waals surface area contributed by atoms with Gasteiger partial charge in [0.05, 0.1) is 7.11 Å². The Bertz CT molecular complexity index is 168. The lowest BCUT2D eigenvalue weighted by Crippen LogP contribution is -1.74. The van der Waals surface area contributed by atoms with Gasteiger partial charge in [-0.1, -0.05) is 0 Å². The summed E-state index contributed by atoms with van der Waals surface area (Å²) in [5, 5.41) is 8.54. The van der Waals surface area contributed by atoms with Crippen LogP contribution in [-0.2, 0) is 0 Å². The highest BCUT2D eigenvalue weighted by molar-refractivity contribution is 5.13. The summed E-state index contributed by atoms with van der Waals surface area (Å²) >= 11 is 0. The molecule has 0 atom stereocenters. The SMILES string of the molecule is COc1ccc(O)o1. The second-order valence-electron chi connectivity index (χ2n) is 1.30. The number of methoxy groups -OCH3 is 1. The van der Waals surface area contributed by atoms with Gasteiger partial charge in [0, 0.05) is 12.1 Å². The highest BCUT2D eigenvalue weighted by Gasteiger charge is 1.95. The van der Waals surface area contributed by atoms with Crippen molar-refractivity contribution in [2.24, 2.45) is 0 Å². The van der Waals surface area contributed by atoms with Crippen molar-refractivity contribution >= 4 is 0 Å². The standard InChI is InChI=1S/C5H6O3/c1-7-5-3-2-4(6)8-5/h2-3,6H,1H3. The summed E-state index contributed by atoms with van der Waals surface area (Å²) in [5.74, 6) is 0.198. The molecule has 0 saturated heterocycles. The van der Waals surface area contributed by atoms with Crippen molar-refractivity contribution in [1.82, 2.24) is 0 Å². The van der Waals surface area contributed by atoms with Gasteiger partial charge in [-0.25, -0.2) is 0 Å². The number of hydrogen-bond acceptors (Lipinski definition) is 3. The Hall–Kier alpha value is -1.12.